The van der Waals surface area contributed by atoms with Crippen LogP contribution in [0.2, 0.25) is 0 Å². The number of benzene rings is 2. The largest absolute Gasteiger partial charge is 0.510 e. The second-order valence-electron chi connectivity index (χ2n) is 12.7. The molecule has 3 aliphatic carbocycles. The van der Waals surface area contributed by atoms with Crippen LogP contribution in [0.4, 0.5) is 0 Å². The maximum atomic E-state index is 14.0. The van der Waals surface area contributed by atoms with E-state index in [9.17, 15) is 34.8 Å². The molecule has 0 spiro atoms. The van der Waals surface area contributed by atoms with E-state index >= 15 is 0 Å². The van der Waals surface area contributed by atoms with E-state index in [0.29, 0.717) is 5.56 Å². The van der Waals surface area contributed by atoms with Crippen LogP contribution in [0.5, 0.6) is 5.75 Å². The molecule has 4 aliphatic rings. The first-order valence-electron chi connectivity index (χ1n) is 14.8. The topological polar surface area (TPSA) is 168 Å². The van der Waals surface area contributed by atoms with Gasteiger partial charge in [0.15, 0.2) is 11.4 Å². The number of phenolic OH excluding ortho intramolecular Hbond substituents is 1. The maximum Gasteiger partial charge on any atom is 0.255 e. The summed E-state index contributed by atoms with van der Waals surface area (Å²) in [5.74, 6) is -6.61. The van der Waals surface area contributed by atoms with Crippen molar-refractivity contribution in [2.24, 2.45) is 17.6 Å². The van der Waals surface area contributed by atoms with Crippen molar-refractivity contribution >= 4 is 17.5 Å². The van der Waals surface area contributed by atoms with Crippen molar-refractivity contribution in [2.45, 2.75) is 31.0 Å². The number of hydrogen-bond donors (Lipinski definition) is 5. The van der Waals surface area contributed by atoms with E-state index in [4.69, 9.17) is 5.73 Å². The predicted molar refractivity (Wildman–Crippen MR) is 162 cm³/mol. The molecule has 11 heteroatoms. The summed E-state index contributed by atoms with van der Waals surface area (Å²) in [5, 5.41) is 45.1. The highest BCUT2D eigenvalue weighted by Gasteiger charge is 2.63. The number of Topliss-reactive ketones (excluding diaryl/α,β-unsaturated/α-hetero) is 2. The summed E-state index contributed by atoms with van der Waals surface area (Å²) in [6, 6.07) is 10.3. The highest BCUT2D eigenvalue weighted by atomic mass is 16.3. The van der Waals surface area contributed by atoms with Crippen LogP contribution in [0.1, 0.15) is 27.9 Å². The number of carbonyl (C=O) groups excluding carboxylic acids is 3. The number of aromatic hydroxyl groups is 1. The first-order valence-corrected chi connectivity index (χ1v) is 14.8. The van der Waals surface area contributed by atoms with Gasteiger partial charge in [-0.05, 0) is 68.2 Å². The van der Waals surface area contributed by atoms with E-state index in [1.807, 2.05) is 12.1 Å². The molecule has 1 saturated heterocycles. The van der Waals surface area contributed by atoms with Gasteiger partial charge in [-0.3, -0.25) is 24.2 Å². The molecular weight excluding hydrogens is 564 g/mol. The molecule has 2 aromatic rings. The summed E-state index contributed by atoms with van der Waals surface area (Å²) in [7, 11) is 5.34. The van der Waals surface area contributed by atoms with Gasteiger partial charge in [0, 0.05) is 44.2 Å². The van der Waals surface area contributed by atoms with Crippen LogP contribution in [0.15, 0.2) is 59.1 Å². The molecule has 1 amide bonds. The number of fused-ring (bicyclic) bond motifs is 3. The Bertz CT molecular complexity index is 1620. The summed E-state index contributed by atoms with van der Waals surface area (Å²) in [5.41, 5.74) is 5.17. The molecule has 11 nitrogen and oxygen atoms in total. The van der Waals surface area contributed by atoms with Crippen LogP contribution in [-0.2, 0) is 22.6 Å². The summed E-state index contributed by atoms with van der Waals surface area (Å²) in [6.45, 7) is 4.91. The summed E-state index contributed by atoms with van der Waals surface area (Å²) < 4.78 is 0. The molecule has 232 valence electrons. The number of nitrogens with zero attached hydrogens (tertiary/aromatic N) is 3. The lowest BCUT2D eigenvalue weighted by Crippen LogP contribution is -2.63. The van der Waals surface area contributed by atoms with Gasteiger partial charge in [-0.1, -0.05) is 30.3 Å². The molecule has 6 rings (SSSR count). The third-order valence-electron chi connectivity index (χ3n) is 9.87. The average Bonchev–Trinajstić information content (AvgIpc) is 2.96. The number of primary amides is 1. The number of carbonyl (C=O) groups is 3. The highest BCUT2D eigenvalue weighted by molar-refractivity contribution is 6.24. The summed E-state index contributed by atoms with van der Waals surface area (Å²) in [4.78, 5) is 45.9. The Labute approximate surface area is 255 Å². The van der Waals surface area contributed by atoms with Crippen molar-refractivity contribution in [1.29, 1.82) is 0 Å². The van der Waals surface area contributed by atoms with Crippen molar-refractivity contribution in [1.82, 2.24) is 14.7 Å². The second kappa shape index (κ2) is 10.8. The van der Waals surface area contributed by atoms with E-state index < -0.39 is 58.0 Å². The Morgan fingerprint density at radius 1 is 1.02 bits per heavy atom. The van der Waals surface area contributed by atoms with Gasteiger partial charge >= 0.3 is 0 Å². The van der Waals surface area contributed by atoms with Gasteiger partial charge in [0.2, 0.25) is 5.78 Å². The number of aliphatic hydroxyl groups excluding tert-OH is 2. The number of rotatable bonds is 5. The Kier molecular flexibility index (Phi) is 7.40. The lowest BCUT2D eigenvalue weighted by molar-refractivity contribution is -0.148. The Balaban J connectivity index is 1.39. The van der Waals surface area contributed by atoms with E-state index in [2.05, 4.69) is 29.0 Å². The number of allylic oxidation sites excluding steroid dienone is 1. The van der Waals surface area contributed by atoms with Crippen molar-refractivity contribution < 1.29 is 34.8 Å². The molecule has 0 bridgehead atoms. The smallest absolute Gasteiger partial charge is 0.255 e. The Morgan fingerprint density at radius 2 is 1.68 bits per heavy atom. The third kappa shape index (κ3) is 4.54. The van der Waals surface area contributed by atoms with Gasteiger partial charge in [-0.15, -0.1) is 0 Å². The van der Waals surface area contributed by atoms with Gasteiger partial charge in [-0.25, -0.2) is 0 Å². The zero-order valence-electron chi connectivity index (χ0n) is 25.1. The van der Waals surface area contributed by atoms with Gasteiger partial charge in [0.25, 0.3) is 5.91 Å². The quantitative estimate of drug-likeness (QED) is 0.317. The summed E-state index contributed by atoms with van der Waals surface area (Å²) in [6.07, 6.45) is 0.284. The van der Waals surface area contributed by atoms with Crippen LogP contribution >= 0.6 is 0 Å². The normalized spacial score (nSPS) is 27.8. The molecule has 0 saturated carbocycles. The van der Waals surface area contributed by atoms with Crippen molar-refractivity contribution in [3.63, 3.8) is 0 Å². The standard InChI is InChI=1S/C33H38N4O7/c1-35(2)27-22-15-19-14-21-20(18-6-4-17(5-7-18)16-37-12-10-36(3)11-13-37)8-9-23(38)25(21)28(39)24(19)30(41)33(22,44)31(42)26(29(27)40)32(34)43/h4-9,19,22,27,38,40-41,44H,10-16H2,1-3H3,(H2,34,43). The Hall–Kier alpha value is -4.03. The Morgan fingerprint density at radius 3 is 2.30 bits per heavy atom. The first-order chi connectivity index (χ1) is 20.8. The molecule has 4 unspecified atom stereocenters. The fourth-order valence-electron chi connectivity index (χ4n) is 7.58. The molecule has 2 aromatic carbocycles. The van der Waals surface area contributed by atoms with E-state index in [-0.39, 0.29) is 29.7 Å². The number of amides is 1. The van der Waals surface area contributed by atoms with E-state index in [0.717, 1.165) is 43.9 Å². The van der Waals surface area contributed by atoms with Crippen molar-refractivity contribution in [3.05, 3.63) is 75.8 Å². The molecule has 1 heterocycles. The zero-order valence-corrected chi connectivity index (χ0v) is 25.1. The van der Waals surface area contributed by atoms with E-state index in [1.54, 1.807) is 20.2 Å². The number of aliphatic hydroxyl groups is 3. The molecule has 0 aromatic heterocycles. The van der Waals surface area contributed by atoms with Crippen molar-refractivity contribution in [2.75, 3.05) is 47.3 Å². The molecule has 4 atom stereocenters. The number of phenols is 1. The van der Waals surface area contributed by atoms with Crippen LogP contribution in [0.25, 0.3) is 11.1 Å². The number of likely N-dealkylation sites (N-methyl/N-ethyl adjacent to an activating group) is 2. The van der Waals surface area contributed by atoms with Crippen LogP contribution in [0, 0.1) is 11.8 Å². The SMILES string of the molecule is CN1CCN(Cc2ccc(-c3ccc(O)c4c3CC3CC5C(N(C)C)C(O)=C(C(N)=O)C(=O)C5(O)C(O)=C3C4=O)cc2)CC1. The van der Waals surface area contributed by atoms with Crippen LogP contribution in [-0.4, -0.2) is 112 Å². The van der Waals surface area contributed by atoms with E-state index in [1.165, 1.54) is 16.5 Å². The molecule has 6 N–H and O–H groups in total. The number of hydrogen-bond acceptors (Lipinski definition) is 10. The van der Waals surface area contributed by atoms with Gasteiger partial charge in [0.1, 0.15) is 22.8 Å². The number of nitrogens with two attached hydrogens (primary N) is 1. The highest BCUT2D eigenvalue weighted by Crippen LogP contribution is 2.53. The van der Waals surface area contributed by atoms with Gasteiger partial charge in [-0.2, -0.15) is 0 Å². The lowest BCUT2D eigenvalue weighted by atomic mass is 9.58. The minimum atomic E-state index is -2.66. The lowest BCUT2D eigenvalue weighted by Gasteiger charge is -2.50. The number of ketones is 2. The molecule has 44 heavy (non-hydrogen) atoms. The van der Waals surface area contributed by atoms with Gasteiger partial charge < -0.3 is 31.1 Å². The summed E-state index contributed by atoms with van der Waals surface area (Å²) >= 11 is 0. The monoisotopic (exact) mass is 602 g/mol. The average molecular weight is 603 g/mol. The second-order valence-corrected chi connectivity index (χ2v) is 12.7. The minimum Gasteiger partial charge on any atom is -0.510 e. The molecule has 1 fully saturated rings. The maximum absolute atomic E-state index is 14.0. The molecular formula is C33H38N4O7. The molecule has 0 radical (unpaired) electrons. The third-order valence-corrected chi connectivity index (χ3v) is 9.87. The van der Waals surface area contributed by atoms with Crippen LogP contribution < -0.4 is 5.73 Å². The first kappa shape index (κ1) is 30.0. The molecule has 1 aliphatic heterocycles. The van der Waals surface area contributed by atoms with Crippen LogP contribution in [0.3, 0.4) is 0 Å². The fourth-order valence-corrected chi connectivity index (χ4v) is 7.58. The zero-order chi connectivity index (χ0) is 31.7. The van der Waals surface area contributed by atoms with Crippen molar-refractivity contribution in [3.8, 4) is 16.9 Å². The predicted octanol–water partition coefficient (Wildman–Crippen LogP) is 1.54. The fraction of sp³-hybridized carbons (Fsp3) is 0.424. The minimum absolute atomic E-state index is 0.00444. The van der Waals surface area contributed by atoms with Gasteiger partial charge in [0.05, 0.1) is 11.6 Å². The number of piperazine rings is 1.